The third kappa shape index (κ3) is 4.35. The first-order valence-corrected chi connectivity index (χ1v) is 11.8. The number of carbonyl (C=O) groups is 2. The van der Waals surface area contributed by atoms with Gasteiger partial charge in [0.15, 0.2) is 0 Å². The van der Waals surface area contributed by atoms with E-state index in [0.717, 1.165) is 64.4 Å². The zero-order valence-electron chi connectivity index (χ0n) is 19.0. The minimum Gasteiger partial charge on any atom is -0.354 e. The van der Waals surface area contributed by atoms with Gasteiger partial charge in [0.25, 0.3) is 11.8 Å². The van der Waals surface area contributed by atoms with Crippen LogP contribution in [-0.4, -0.2) is 23.4 Å². The third-order valence-corrected chi connectivity index (χ3v) is 7.25. The van der Waals surface area contributed by atoms with E-state index in [2.05, 4.69) is 15.2 Å². The number of amides is 2. The van der Waals surface area contributed by atoms with Gasteiger partial charge in [0.2, 0.25) is 0 Å². The van der Waals surface area contributed by atoms with E-state index in [0.29, 0.717) is 0 Å². The maximum atomic E-state index is 13.5. The van der Waals surface area contributed by atoms with Gasteiger partial charge in [0.05, 0.1) is 5.56 Å². The number of rotatable bonds is 5. The van der Waals surface area contributed by atoms with E-state index < -0.39 is 5.91 Å². The average Bonchev–Trinajstić information content (AvgIpc) is 3.33. The second-order valence-electron chi connectivity index (χ2n) is 8.12. The number of nitrogens with zero attached hydrogens (tertiary/aromatic N) is 2. The van der Waals surface area contributed by atoms with Gasteiger partial charge in [-0.1, -0.05) is 18.2 Å². The second kappa shape index (κ2) is 9.47. The molecular formula is C26H26N4O2S. The number of hydrogen-bond acceptors (Lipinski definition) is 4. The van der Waals surface area contributed by atoms with Gasteiger partial charge in [0.1, 0.15) is 16.6 Å². The van der Waals surface area contributed by atoms with Gasteiger partial charge in [-0.15, -0.1) is 11.3 Å². The molecule has 0 saturated heterocycles. The Morgan fingerprint density at radius 2 is 1.88 bits per heavy atom. The largest absolute Gasteiger partial charge is 0.354 e. The molecule has 0 saturated carbocycles. The van der Waals surface area contributed by atoms with E-state index >= 15 is 0 Å². The lowest BCUT2D eigenvalue weighted by Crippen LogP contribution is -2.19. The summed E-state index contributed by atoms with van der Waals surface area (Å²) in [6, 6.07) is 13.4. The first-order valence-electron chi connectivity index (χ1n) is 11.0. The molecule has 2 heterocycles. The molecule has 0 spiro atoms. The van der Waals surface area contributed by atoms with Crippen molar-refractivity contribution in [2.45, 2.75) is 39.5 Å². The molecule has 168 valence electrons. The van der Waals surface area contributed by atoms with E-state index in [-0.39, 0.29) is 11.5 Å². The Bertz CT molecular complexity index is 1290. The first kappa shape index (κ1) is 22.6. The van der Waals surface area contributed by atoms with Gasteiger partial charge in [0, 0.05) is 29.0 Å². The summed E-state index contributed by atoms with van der Waals surface area (Å²) in [5, 5.41) is 15.9. The van der Waals surface area contributed by atoms with Crippen LogP contribution in [0.3, 0.4) is 0 Å². The molecule has 0 atom stereocenters. The number of benzene rings is 1. The highest BCUT2D eigenvalue weighted by Gasteiger charge is 2.28. The number of thiophene rings is 1. The molecule has 6 nitrogen and oxygen atoms in total. The van der Waals surface area contributed by atoms with Gasteiger partial charge in [-0.05, 0) is 74.9 Å². The number of carbonyl (C=O) groups excluding carboxylic acids is 2. The predicted octanol–water partition coefficient (Wildman–Crippen LogP) is 4.94. The van der Waals surface area contributed by atoms with Crippen LogP contribution in [0.5, 0.6) is 0 Å². The van der Waals surface area contributed by atoms with Crippen molar-refractivity contribution >= 4 is 34.9 Å². The Kier molecular flexibility index (Phi) is 6.47. The molecule has 0 radical (unpaired) electrons. The molecule has 0 bridgehead atoms. The Balaban J connectivity index is 1.83. The maximum absolute atomic E-state index is 13.5. The summed E-state index contributed by atoms with van der Waals surface area (Å²) in [7, 11) is 1.50. The number of likely N-dealkylation sites (N-methyl/N-ethyl adjacent to an activating group) is 1. The number of aryl methyl sites for hydroxylation is 2. The Labute approximate surface area is 197 Å². The lowest BCUT2D eigenvalue weighted by molar-refractivity contribution is -0.116. The van der Waals surface area contributed by atoms with Crippen molar-refractivity contribution in [2.24, 2.45) is 0 Å². The quantitative estimate of drug-likeness (QED) is 0.419. The summed E-state index contributed by atoms with van der Waals surface area (Å²) in [5.41, 5.74) is 5.29. The zero-order chi connectivity index (χ0) is 23.5. The summed E-state index contributed by atoms with van der Waals surface area (Å²) in [6.07, 6.45) is 5.68. The molecule has 4 rings (SSSR count). The van der Waals surface area contributed by atoms with Gasteiger partial charge >= 0.3 is 0 Å². The summed E-state index contributed by atoms with van der Waals surface area (Å²) in [5.74, 6) is -0.528. The lowest BCUT2D eigenvalue weighted by Gasteiger charge is -2.14. The number of aromatic nitrogens is 1. The number of nitriles is 1. The Morgan fingerprint density at radius 3 is 2.58 bits per heavy atom. The highest BCUT2D eigenvalue weighted by molar-refractivity contribution is 7.15. The standard InChI is InChI=1S/C26H26N4O2S/c1-16-13-18(14-19(15-27)24(31)28-3)17(2)30(16)26-23(21-11-7-8-12-22(21)33-26)25(32)29-20-9-5-4-6-10-20/h4-6,9-10,13-14H,7-8,11-12H2,1-3H3,(H,28,31)(H,29,32)/b19-14-. The maximum Gasteiger partial charge on any atom is 0.261 e. The smallest absolute Gasteiger partial charge is 0.261 e. The Hall–Kier alpha value is -3.63. The van der Waals surface area contributed by atoms with Crippen LogP contribution in [0, 0.1) is 25.2 Å². The molecule has 0 fully saturated rings. The molecule has 0 unspecified atom stereocenters. The van der Waals surface area contributed by atoms with Crippen LogP contribution in [0.15, 0.2) is 42.0 Å². The van der Waals surface area contributed by atoms with Crippen molar-refractivity contribution in [2.75, 3.05) is 12.4 Å². The number of anilines is 1. The van der Waals surface area contributed by atoms with Crippen molar-refractivity contribution in [1.82, 2.24) is 9.88 Å². The van der Waals surface area contributed by atoms with Crippen LogP contribution in [0.4, 0.5) is 5.69 Å². The number of fused-ring (bicyclic) bond motifs is 1. The van der Waals surface area contributed by atoms with E-state index in [4.69, 9.17) is 0 Å². The molecule has 7 heteroatoms. The predicted molar refractivity (Wildman–Crippen MR) is 132 cm³/mol. The van der Waals surface area contributed by atoms with Crippen LogP contribution >= 0.6 is 11.3 Å². The number of hydrogen-bond donors (Lipinski definition) is 2. The molecule has 33 heavy (non-hydrogen) atoms. The molecule has 1 aromatic carbocycles. The van der Waals surface area contributed by atoms with Crippen LogP contribution in [-0.2, 0) is 17.6 Å². The van der Waals surface area contributed by atoms with E-state index in [9.17, 15) is 14.9 Å². The van der Waals surface area contributed by atoms with Crippen LogP contribution in [0.25, 0.3) is 11.1 Å². The van der Waals surface area contributed by atoms with Crippen molar-refractivity contribution in [3.8, 4) is 11.1 Å². The van der Waals surface area contributed by atoms with Crippen molar-refractivity contribution in [3.63, 3.8) is 0 Å². The fourth-order valence-corrected chi connectivity index (χ4v) is 5.84. The van der Waals surface area contributed by atoms with E-state index in [1.54, 1.807) is 17.4 Å². The molecule has 2 N–H and O–H groups in total. The van der Waals surface area contributed by atoms with Crippen molar-refractivity contribution < 1.29 is 9.59 Å². The fourth-order valence-electron chi connectivity index (χ4n) is 4.34. The van der Waals surface area contributed by atoms with Crippen molar-refractivity contribution in [1.29, 1.82) is 5.26 Å². The monoisotopic (exact) mass is 458 g/mol. The normalized spacial score (nSPS) is 13.2. The minimum absolute atomic E-state index is 0.0465. The molecule has 2 amide bonds. The minimum atomic E-state index is -0.420. The summed E-state index contributed by atoms with van der Waals surface area (Å²) in [6.45, 7) is 3.93. The molecule has 2 aromatic heterocycles. The topological polar surface area (TPSA) is 86.9 Å². The lowest BCUT2D eigenvalue weighted by atomic mass is 9.95. The zero-order valence-corrected chi connectivity index (χ0v) is 19.8. The van der Waals surface area contributed by atoms with Gasteiger partial charge < -0.3 is 15.2 Å². The molecule has 3 aromatic rings. The van der Waals surface area contributed by atoms with Crippen LogP contribution in [0.1, 0.15) is 50.6 Å². The molecule has 1 aliphatic rings. The number of nitrogens with one attached hydrogen (secondary N) is 2. The first-order chi connectivity index (χ1) is 15.9. The van der Waals surface area contributed by atoms with Gasteiger partial charge in [-0.3, -0.25) is 9.59 Å². The highest BCUT2D eigenvalue weighted by Crippen LogP contribution is 2.39. The van der Waals surface area contributed by atoms with Crippen molar-refractivity contribution in [3.05, 3.63) is 74.9 Å². The SMILES string of the molecule is CNC(=O)/C(C#N)=C\c1cc(C)n(-c2sc3c(c2C(=O)Nc2ccccc2)CCCC3)c1C. The third-order valence-electron chi connectivity index (χ3n) is 5.98. The van der Waals surface area contributed by atoms with E-state index in [1.807, 2.05) is 56.3 Å². The highest BCUT2D eigenvalue weighted by atomic mass is 32.1. The van der Waals surface area contributed by atoms with Gasteiger partial charge in [-0.2, -0.15) is 5.26 Å². The summed E-state index contributed by atoms with van der Waals surface area (Å²) >= 11 is 1.67. The number of para-hydroxylation sites is 1. The van der Waals surface area contributed by atoms with E-state index in [1.165, 1.54) is 11.9 Å². The van der Waals surface area contributed by atoms with Crippen LogP contribution < -0.4 is 10.6 Å². The summed E-state index contributed by atoms with van der Waals surface area (Å²) < 4.78 is 2.08. The molecular weight excluding hydrogens is 432 g/mol. The van der Waals surface area contributed by atoms with Crippen LogP contribution in [0.2, 0.25) is 0 Å². The average molecular weight is 459 g/mol. The fraction of sp³-hybridized carbons (Fsp3) is 0.269. The summed E-state index contributed by atoms with van der Waals surface area (Å²) in [4.78, 5) is 26.8. The van der Waals surface area contributed by atoms with Gasteiger partial charge in [-0.25, -0.2) is 0 Å². The molecule has 1 aliphatic carbocycles. The second-order valence-corrected chi connectivity index (χ2v) is 9.21. The molecule has 0 aliphatic heterocycles. The Morgan fingerprint density at radius 1 is 1.15 bits per heavy atom.